The van der Waals surface area contributed by atoms with E-state index in [1.165, 1.54) is 6.07 Å². The van der Waals surface area contributed by atoms with Crippen LogP contribution in [0.15, 0.2) is 36.4 Å². The molecule has 0 radical (unpaired) electrons. The van der Waals surface area contributed by atoms with Gasteiger partial charge in [0.2, 0.25) is 5.95 Å². The molecule has 0 fully saturated rings. The van der Waals surface area contributed by atoms with Crippen molar-refractivity contribution in [2.75, 3.05) is 18.5 Å². The first-order chi connectivity index (χ1) is 11.6. The number of benzene rings is 1. The summed E-state index contributed by atoms with van der Waals surface area (Å²) >= 11 is 0. The number of halogens is 1. The second-order valence-corrected chi connectivity index (χ2v) is 5.61. The van der Waals surface area contributed by atoms with Crippen LogP contribution in [0, 0.1) is 5.95 Å². The van der Waals surface area contributed by atoms with Gasteiger partial charge in [0.05, 0.1) is 19.3 Å². The van der Waals surface area contributed by atoms with Crippen molar-refractivity contribution in [3.05, 3.63) is 47.9 Å². The first-order valence-corrected chi connectivity index (χ1v) is 8.42. The SMILES string of the molecule is CCCOc1ccc(C(C)Nc2cccc(F)n2)cc1OCCC. The van der Waals surface area contributed by atoms with Gasteiger partial charge in [-0.15, -0.1) is 0 Å². The van der Waals surface area contributed by atoms with Crippen LogP contribution in [0.25, 0.3) is 0 Å². The molecule has 0 aliphatic heterocycles. The van der Waals surface area contributed by atoms with Crippen molar-refractivity contribution in [2.45, 2.75) is 39.7 Å². The summed E-state index contributed by atoms with van der Waals surface area (Å²) in [4.78, 5) is 3.84. The predicted octanol–water partition coefficient (Wildman–Crippen LogP) is 4.97. The maximum absolute atomic E-state index is 13.2. The molecule has 130 valence electrons. The number of rotatable bonds is 9. The summed E-state index contributed by atoms with van der Waals surface area (Å²) in [5.41, 5.74) is 1.02. The van der Waals surface area contributed by atoms with Crippen molar-refractivity contribution >= 4 is 5.82 Å². The first kappa shape index (κ1) is 18.0. The van der Waals surface area contributed by atoms with E-state index in [2.05, 4.69) is 24.1 Å². The van der Waals surface area contributed by atoms with Crippen molar-refractivity contribution < 1.29 is 13.9 Å². The standard InChI is InChI=1S/C19H25FN2O2/c1-4-11-23-16-10-9-15(13-17(16)24-12-5-2)14(3)21-19-8-6-7-18(20)22-19/h6-10,13-14H,4-5,11-12H2,1-3H3,(H,21,22). The Hall–Kier alpha value is -2.30. The highest BCUT2D eigenvalue weighted by Crippen LogP contribution is 2.31. The third-order valence-corrected chi connectivity index (χ3v) is 3.47. The van der Waals surface area contributed by atoms with Gasteiger partial charge in [-0.3, -0.25) is 0 Å². The molecular weight excluding hydrogens is 307 g/mol. The number of pyridine rings is 1. The summed E-state index contributed by atoms with van der Waals surface area (Å²) in [6, 6.07) is 10.5. The molecule has 1 aromatic carbocycles. The zero-order valence-electron chi connectivity index (χ0n) is 14.5. The lowest BCUT2D eigenvalue weighted by atomic mass is 10.1. The fourth-order valence-electron chi connectivity index (χ4n) is 2.24. The van der Waals surface area contributed by atoms with Gasteiger partial charge in [-0.25, -0.2) is 4.98 Å². The lowest BCUT2D eigenvalue weighted by Crippen LogP contribution is -2.09. The fourth-order valence-corrected chi connectivity index (χ4v) is 2.24. The Bertz CT molecular complexity index is 649. The van der Waals surface area contributed by atoms with Gasteiger partial charge in [0.15, 0.2) is 11.5 Å². The zero-order valence-corrected chi connectivity index (χ0v) is 14.5. The van der Waals surface area contributed by atoms with Crippen molar-refractivity contribution in [1.29, 1.82) is 0 Å². The lowest BCUT2D eigenvalue weighted by molar-refractivity contribution is 0.268. The third kappa shape index (κ3) is 5.11. The van der Waals surface area contributed by atoms with Gasteiger partial charge in [0.1, 0.15) is 5.82 Å². The normalized spacial score (nSPS) is 11.8. The Morgan fingerprint density at radius 3 is 2.42 bits per heavy atom. The lowest BCUT2D eigenvalue weighted by Gasteiger charge is -2.18. The molecule has 0 spiro atoms. The van der Waals surface area contributed by atoms with E-state index >= 15 is 0 Å². The van der Waals surface area contributed by atoms with Gasteiger partial charge >= 0.3 is 0 Å². The molecule has 1 aromatic heterocycles. The van der Waals surface area contributed by atoms with Gasteiger partial charge in [-0.05, 0) is 49.6 Å². The Balaban J connectivity index is 2.15. The van der Waals surface area contributed by atoms with Crippen molar-refractivity contribution in [3.8, 4) is 11.5 Å². The van der Waals surface area contributed by atoms with Crippen molar-refractivity contribution in [3.63, 3.8) is 0 Å². The minimum absolute atomic E-state index is 0.0384. The number of hydrogen-bond donors (Lipinski definition) is 1. The number of nitrogens with zero attached hydrogens (tertiary/aromatic N) is 1. The van der Waals surface area contributed by atoms with Crippen LogP contribution in [-0.4, -0.2) is 18.2 Å². The van der Waals surface area contributed by atoms with Gasteiger partial charge < -0.3 is 14.8 Å². The molecule has 0 amide bonds. The van der Waals surface area contributed by atoms with Crippen LogP contribution in [0.2, 0.25) is 0 Å². The average Bonchev–Trinajstić information content (AvgIpc) is 2.58. The molecule has 0 aliphatic rings. The molecule has 0 aliphatic carbocycles. The van der Waals surface area contributed by atoms with Crippen LogP contribution in [0.5, 0.6) is 11.5 Å². The first-order valence-electron chi connectivity index (χ1n) is 8.42. The van der Waals surface area contributed by atoms with Crippen LogP contribution in [0.1, 0.15) is 45.2 Å². The second-order valence-electron chi connectivity index (χ2n) is 5.61. The van der Waals surface area contributed by atoms with Gasteiger partial charge in [-0.2, -0.15) is 4.39 Å². The molecule has 4 nitrogen and oxygen atoms in total. The Kier molecular flexibility index (Phi) is 6.85. The van der Waals surface area contributed by atoms with E-state index in [4.69, 9.17) is 9.47 Å². The zero-order chi connectivity index (χ0) is 17.4. The molecule has 24 heavy (non-hydrogen) atoms. The fraction of sp³-hybridized carbons (Fsp3) is 0.421. The highest BCUT2D eigenvalue weighted by Gasteiger charge is 2.12. The van der Waals surface area contributed by atoms with Crippen LogP contribution < -0.4 is 14.8 Å². The minimum atomic E-state index is -0.498. The van der Waals surface area contributed by atoms with E-state index in [1.807, 2.05) is 25.1 Å². The summed E-state index contributed by atoms with van der Waals surface area (Å²) in [5, 5.41) is 3.20. The van der Waals surface area contributed by atoms with Crippen LogP contribution >= 0.6 is 0 Å². The molecule has 0 saturated carbocycles. The second kappa shape index (κ2) is 9.11. The summed E-state index contributed by atoms with van der Waals surface area (Å²) in [6.45, 7) is 7.43. The molecule has 1 heterocycles. The molecule has 0 bridgehead atoms. The van der Waals surface area contributed by atoms with Crippen LogP contribution in [-0.2, 0) is 0 Å². The summed E-state index contributed by atoms with van der Waals surface area (Å²) in [5.74, 6) is 1.50. The summed E-state index contributed by atoms with van der Waals surface area (Å²) < 4.78 is 24.8. The van der Waals surface area contributed by atoms with Gasteiger partial charge in [0, 0.05) is 0 Å². The summed E-state index contributed by atoms with van der Waals surface area (Å²) in [7, 11) is 0. The molecule has 1 N–H and O–H groups in total. The highest BCUT2D eigenvalue weighted by atomic mass is 19.1. The molecule has 1 atom stereocenters. The minimum Gasteiger partial charge on any atom is -0.490 e. The maximum atomic E-state index is 13.2. The molecular formula is C19H25FN2O2. The monoisotopic (exact) mass is 332 g/mol. The highest BCUT2D eigenvalue weighted by molar-refractivity contribution is 5.46. The maximum Gasteiger partial charge on any atom is 0.214 e. The van der Waals surface area contributed by atoms with E-state index in [9.17, 15) is 4.39 Å². The quantitative estimate of drug-likeness (QED) is 0.658. The molecule has 2 rings (SSSR count). The number of hydrogen-bond acceptors (Lipinski definition) is 4. The number of anilines is 1. The van der Waals surface area contributed by atoms with Crippen LogP contribution in [0.3, 0.4) is 0 Å². The average molecular weight is 332 g/mol. The van der Waals surface area contributed by atoms with E-state index < -0.39 is 5.95 Å². The largest absolute Gasteiger partial charge is 0.490 e. The number of nitrogens with one attached hydrogen (secondary N) is 1. The third-order valence-electron chi connectivity index (χ3n) is 3.47. The van der Waals surface area contributed by atoms with Crippen molar-refractivity contribution in [1.82, 2.24) is 4.98 Å². The van der Waals surface area contributed by atoms with Gasteiger partial charge in [-0.1, -0.05) is 26.0 Å². The van der Waals surface area contributed by atoms with Crippen molar-refractivity contribution in [2.24, 2.45) is 0 Å². The molecule has 5 heteroatoms. The van der Waals surface area contributed by atoms with E-state index in [0.29, 0.717) is 19.0 Å². The molecule has 2 aromatic rings. The van der Waals surface area contributed by atoms with Crippen LogP contribution in [0.4, 0.5) is 10.2 Å². The predicted molar refractivity (Wildman–Crippen MR) is 94.2 cm³/mol. The smallest absolute Gasteiger partial charge is 0.214 e. The van der Waals surface area contributed by atoms with E-state index in [1.54, 1.807) is 12.1 Å². The topological polar surface area (TPSA) is 43.4 Å². The Morgan fingerprint density at radius 1 is 1.04 bits per heavy atom. The molecule has 0 saturated heterocycles. The Morgan fingerprint density at radius 2 is 1.75 bits per heavy atom. The van der Waals surface area contributed by atoms with E-state index in [-0.39, 0.29) is 6.04 Å². The number of ether oxygens (including phenoxy) is 2. The van der Waals surface area contributed by atoms with E-state index in [0.717, 1.165) is 29.9 Å². The Labute approximate surface area is 143 Å². The molecule has 1 unspecified atom stereocenters. The number of aromatic nitrogens is 1. The van der Waals surface area contributed by atoms with Gasteiger partial charge in [0.25, 0.3) is 0 Å². The summed E-state index contributed by atoms with van der Waals surface area (Å²) in [6.07, 6.45) is 1.87.